The van der Waals surface area contributed by atoms with Gasteiger partial charge in [0.25, 0.3) is 0 Å². The van der Waals surface area contributed by atoms with Gasteiger partial charge in [-0.3, -0.25) is 0 Å². The van der Waals surface area contributed by atoms with Crippen LogP contribution in [0.4, 0.5) is 4.79 Å². The van der Waals surface area contributed by atoms with E-state index >= 15 is 0 Å². The zero-order chi connectivity index (χ0) is 13.1. The lowest BCUT2D eigenvalue weighted by molar-refractivity contribution is 0.153. The van der Waals surface area contributed by atoms with Gasteiger partial charge in [0.2, 0.25) is 0 Å². The predicted molar refractivity (Wildman–Crippen MR) is 70.8 cm³/mol. The van der Waals surface area contributed by atoms with Crippen LogP contribution in [0.25, 0.3) is 5.69 Å². The molecule has 0 fully saturated rings. The topological polar surface area (TPSA) is 58.4 Å². The van der Waals surface area contributed by atoms with Crippen LogP contribution >= 0.6 is 15.9 Å². The van der Waals surface area contributed by atoms with Crippen LogP contribution in [0.2, 0.25) is 0 Å². The van der Waals surface area contributed by atoms with Crippen LogP contribution < -0.4 is 0 Å². The molecule has 5 nitrogen and oxygen atoms in total. The predicted octanol–water partition coefficient (Wildman–Crippen LogP) is 2.74. The van der Waals surface area contributed by atoms with Crippen LogP contribution in [-0.2, 0) is 6.54 Å². The second kappa shape index (κ2) is 5.22. The van der Waals surface area contributed by atoms with E-state index in [9.17, 15) is 4.79 Å². The molecule has 1 amide bonds. The third-order valence-corrected chi connectivity index (χ3v) is 2.96. The summed E-state index contributed by atoms with van der Waals surface area (Å²) in [6.07, 6.45) is 2.53. The van der Waals surface area contributed by atoms with Crippen LogP contribution in [-0.4, -0.2) is 32.7 Å². The Morgan fingerprint density at radius 1 is 1.56 bits per heavy atom. The number of halogens is 1. The maximum Gasteiger partial charge on any atom is 0.407 e. The third-order valence-electron chi connectivity index (χ3n) is 2.47. The SMILES string of the molecule is CN(Cc1cn(-c2cccc(Br)c2)cn1)C(=O)O. The monoisotopic (exact) mass is 309 g/mol. The van der Waals surface area contributed by atoms with E-state index in [2.05, 4.69) is 20.9 Å². The molecule has 0 aliphatic rings. The van der Waals surface area contributed by atoms with E-state index in [1.807, 2.05) is 35.0 Å². The molecule has 0 saturated carbocycles. The molecule has 94 valence electrons. The highest BCUT2D eigenvalue weighted by Gasteiger charge is 2.08. The third kappa shape index (κ3) is 2.89. The molecule has 1 heterocycles. The molecule has 0 saturated heterocycles. The van der Waals surface area contributed by atoms with Gasteiger partial charge < -0.3 is 14.6 Å². The Balaban J connectivity index is 2.18. The van der Waals surface area contributed by atoms with Gasteiger partial charge in [0.05, 0.1) is 18.6 Å². The summed E-state index contributed by atoms with van der Waals surface area (Å²) in [6.45, 7) is 0.274. The van der Waals surface area contributed by atoms with Gasteiger partial charge in [-0.05, 0) is 18.2 Å². The van der Waals surface area contributed by atoms with Crippen LogP contribution in [0.5, 0.6) is 0 Å². The summed E-state index contributed by atoms with van der Waals surface area (Å²) < 4.78 is 2.84. The number of aromatic nitrogens is 2. The van der Waals surface area contributed by atoms with Crippen molar-refractivity contribution >= 4 is 22.0 Å². The number of carbonyl (C=O) groups is 1. The van der Waals surface area contributed by atoms with Crippen molar-refractivity contribution in [2.24, 2.45) is 0 Å². The summed E-state index contributed by atoms with van der Waals surface area (Å²) in [5.41, 5.74) is 1.68. The van der Waals surface area contributed by atoms with Crippen LogP contribution in [0, 0.1) is 0 Å². The molecule has 1 aromatic heterocycles. The molecule has 18 heavy (non-hydrogen) atoms. The Labute approximate surface area is 113 Å². The van der Waals surface area contributed by atoms with E-state index < -0.39 is 6.09 Å². The van der Waals surface area contributed by atoms with E-state index in [1.54, 1.807) is 6.33 Å². The van der Waals surface area contributed by atoms with Crippen molar-refractivity contribution in [3.8, 4) is 5.69 Å². The van der Waals surface area contributed by atoms with Crippen molar-refractivity contribution in [1.82, 2.24) is 14.5 Å². The summed E-state index contributed by atoms with van der Waals surface area (Å²) in [5.74, 6) is 0. The molecule has 0 aliphatic heterocycles. The molecule has 1 N–H and O–H groups in total. The number of nitrogens with zero attached hydrogens (tertiary/aromatic N) is 3. The Morgan fingerprint density at radius 2 is 2.33 bits per heavy atom. The maximum atomic E-state index is 10.7. The lowest BCUT2D eigenvalue weighted by Crippen LogP contribution is -2.24. The fourth-order valence-electron chi connectivity index (χ4n) is 1.53. The molecule has 0 radical (unpaired) electrons. The minimum Gasteiger partial charge on any atom is -0.465 e. The van der Waals surface area contributed by atoms with Crippen LogP contribution in [0.15, 0.2) is 41.3 Å². The normalized spacial score (nSPS) is 10.3. The highest BCUT2D eigenvalue weighted by molar-refractivity contribution is 9.10. The summed E-state index contributed by atoms with van der Waals surface area (Å²) >= 11 is 3.41. The summed E-state index contributed by atoms with van der Waals surface area (Å²) in [7, 11) is 1.51. The maximum absolute atomic E-state index is 10.7. The van der Waals surface area contributed by atoms with Gasteiger partial charge in [-0.1, -0.05) is 22.0 Å². The largest absolute Gasteiger partial charge is 0.465 e. The minimum absolute atomic E-state index is 0.274. The molecule has 1 aromatic carbocycles. The van der Waals surface area contributed by atoms with Crippen molar-refractivity contribution < 1.29 is 9.90 Å². The van der Waals surface area contributed by atoms with Gasteiger partial charge in [0.15, 0.2) is 0 Å². The molecule has 0 unspecified atom stereocenters. The zero-order valence-electron chi connectivity index (χ0n) is 9.75. The minimum atomic E-state index is -0.966. The molecular formula is C12H12BrN3O2. The molecule has 0 bridgehead atoms. The number of rotatable bonds is 3. The smallest absolute Gasteiger partial charge is 0.407 e. The standard InChI is InChI=1S/C12H12BrN3O2/c1-15(12(17)18)6-10-7-16(8-14-10)11-4-2-3-9(13)5-11/h2-5,7-8H,6H2,1H3,(H,17,18). The van der Waals surface area contributed by atoms with Crippen molar-refractivity contribution in [2.45, 2.75) is 6.54 Å². The molecule has 0 spiro atoms. The quantitative estimate of drug-likeness (QED) is 0.948. The van der Waals surface area contributed by atoms with Crippen molar-refractivity contribution in [3.63, 3.8) is 0 Å². The first-order valence-corrected chi connectivity index (χ1v) is 6.08. The van der Waals surface area contributed by atoms with E-state index in [0.717, 1.165) is 10.2 Å². The number of hydrogen-bond donors (Lipinski definition) is 1. The van der Waals surface area contributed by atoms with Gasteiger partial charge in [0, 0.05) is 23.4 Å². The van der Waals surface area contributed by atoms with Crippen LogP contribution in [0.3, 0.4) is 0 Å². The first-order valence-electron chi connectivity index (χ1n) is 5.29. The average Bonchev–Trinajstić information content (AvgIpc) is 2.77. The molecule has 6 heteroatoms. The highest BCUT2D eigenvalue weighted by atomic mass is 79.9. The summed E-state index contributed by atoms with van der Waals surface area (Å²) in [5, 5.41) is 8.79. The van der Waals surface area contributed by atoms with E-state index in [-0.39, 0.29) is 6.54 Å². The van der Waals surface area contributed by atoms with Gasteiger partial charge in [0.1, 0.15) is 0 Å². The Morgan fingerprint density at radius 3 is 3.00 bits per heavy atom. The lowest BCUT2D eigenvalue weighted by atomic mass is 10.3. The number of benzene rings is 1. The van der Waals surface area contributed by atoms with Gasteiger partial charge in [-0.25, -0.2) is 9.78 Å². The molecule has 2 rings (SSSR count). The molecule has 0 aliphatic carbocycles. The summed E-state index contributed by atoms with van der Waals surface area (Å²) in [6, 6.07) is 7.80. The van der Waals surface area contributed by atoms with Gasteiger partial charge in [-0.2, -0.15) is 0 Å². The zero-order valence-corrected chi connectivity index (χ0v) is 11.3. The Bertz CT molecular complexity index is 568. The molecular weight excluding hydrogens is 298 g/mol. The molecule has 2 aromatic rings. The first-order chi connectivity index (χ1) is 8.56. The van der Waals surface area contributed by atoms with Gasteiger partial charge in [-0.15, -0.1) is 0 Å². The van der Waals surface area contributed by atoms with Crippen LogP contribution in [0.1, 0.15) is 5.69 Å². The summed E-state index contributed by atoms with van der Waals surface area (Å²) in [4.78, 5) is 16.1. The van der Waals surface area contributed by atoms with Crippen molar-refractivity contribution in [2.75, 3.05) is 7.05 Å². The van der Waals surface area contributed by atoms with Crippen molar-refractivity contribution in [3.05, 3.63) is 47.0 Å². The number of hydrogen-bond acceptors (Lipinski definition) is 2. The number of carboxylic acid groups (broad SMARTS) is 1. The Hall–Kier alpha value is -1.82. The van der Waals surface area contributed by atoms with E-state index in [0.29, 0.717) is 5.69 Å². The highest BCUT2D eigenvalue weighted by Crippen LogP contribution is 2.15. The Kier molecular flexibility index (Phi) is 3.66. The first kappa shape index (κ1) is 12.6. The lowest BCUT2D eigenvalue weighted by Gasteiger charge is -2.10. The molecule has 0 atom stereocenters. The van der Waals surface area contributed by atoms with Gasteiger partial charge >= 0.3 is 6.09 Å². The average molecular weight is 310 g/mol. The number of imidazole rings is 1. The number of amides is 1. The second-order valence-corrected chi connectivity index (χ2v) is 4.81. The van der Waals surface area contributed by atoms with Crippen molar-refractivity contribution in [1.29, 1.82) is 0 Å². The second-order valence-electron chi connectivity index (χ2n) is 3.89. The fourth-order valence-corrected chi connectivity index (χ4v) is 1.92. The van der Waals surface area contributed by atoms with E-state index in [4.69, 9.17) is 5.11 Å². The fraction of sp³-hybridized carbons (Fsp3) is 0.167. The van der Waals surface area contributed by atoms with E-state index in [1.165, 1.54) is 11.9 Å².